The molecule has 0 bridgehead atoms. The SMILES string of the molecule is CC.CC.CC.CC.CC.CC.CC(C)(C)Oc1ccnc(C(C)(C)C)n1.CC(C)(C)Oc1cncc(C(C)(C)C)n1.CC(C)(C)Oc1nccc(C(C)(C)C)n1.CC(C)Oc1cccc(C(C)(C)C)c1.CC(C)Oc1cccc(C(C)(C)C)n1.CC(C)Oc1cccc(C(C)C)c1.[B]. The number of hydrogen-bond donors (Lipinski definition) is 0. The zero-order valence-electron chi connectivity index (χ0n) is 72.3. The van der Waals surface area contributed by atoms with E-state index >= 15 is 0 Å². The lowest BCUT2D eigenvalue weighted by atomic mass is 9.87. The summed E-state index contributed by atoms with van der Waals surface area (Å²) in [5.41, 5.74) is 5.21. The molecule has 4 aromatic heterocycles. The molecule has 0 unspecified atom stereocenters. The first kappa shape index (κ1) is 106. The fraction of sp³-hybridized carbons (Fsp3) is 0.659. The van der Waals surface area contributed by atoms with Crippen LogP contribution in [0.2, 0.25) is 0 Å². The molecule has 14 heteroatoms. The van der Waals surface area contributed by atoms with Crippen molar-refractivity contribution in [1.29, 1.82) is 0 Å². The minimum Gasteiger partial charge on any atom is -0.491 e. The fourth-order valence-corrected chi connectivity index (χ4v) is 6.89. The summed E-state index contributed by atoms with van der Waals surface area (Å²) >= 11 is 0. The number of benzene rings is 2. The van der Waals surface area contributed by atoms with Crippen molar-refractivity contribution in [2.75, 3.05) is 0 Å². The van der Waals surface area contributed by atoms with Crippen LogP contribution in [-0.4, -0.2) is 78.4 Å². The van der Waals surface area contributed by atoms with E-state index in [0.717, 1.165) is 34.4 Å². The van der Waals surface area contributed by atoms with E-state index in [1.807, 2.05) is 229 Å². The number of pyridine rings is 1. The molecule has 0 atom stereocenters. The van der Waals surface area contributed by atoms with Crippen molar-refractivity contribution in [1.82, 2.24) is 34.9 Å². The lowest BCUT2D eigenvalue weighted by Crippen LogP contribution is -2.25. The second-order valence-corrected chi connectivity index (χ2v) is 30.7. The second kappa shape index (κ2) is 52.6. The number of aromatic nitrogens is 7. The zero-order chi connectivity index (χ0) is 78.5. The summed E-state index contributed by atoms with van der Waals surface area (Å²) in [6.07, 6.45) is 7.60. The van der Waals surface area contributed by atoms with Crippen LogP contribution in [-0.2, 0) is 27.1 Å². The van der Waals surface area contributed by atoms with Gasteiger partial charge in [0.25, 0.3) is 0 Å². The molecule has 4 heterocycles. The molecule has 0 aliphatic rings. The van der Waals surface area contributed by atoms with Crippen molar-refractivity contribution in [3.05, 3.63) is 138 Å². The molecule has 13 nitrogen and oxygen atoms in total. The third kappa shape index (κ3) is 56.1. The van der Waals surface area contributed by atoms with E-state index in [9.17, 15) is 0 Å². The first-order chi connectivity index (χ1) is 44.9. The zero-order valence-corrected chi connectivity index (χ0v) is 72.3. The molecule has 3 radical (unpaired) electrons. The van der Waals surface area contributed by atoms with Gasteiger partial charge in [-0.1, -0.05) is 231 Å². The molecule has 0 aliphatic heterocycles. The van der Waals surface area contributed by atoms with E-state index in [0.29, 0.717) is 29.6 Å². The summed E-state index contributed by atoms with van der Waals surface area (Å²) in [5.74, 6) is 5.26. The van der Waals surface area contributed by atoms with Gasteiger partial charge < -0.3 is 28.4 Å². The Kier molecular flexibility index (Phi) is 56.4. The molecule has 99 heavy (non-hydrogen) atoms. The minimum atomic E-state index is -0.253. The Balaban J connectivity index is -0.000000198. The Labute approximate surface area is 614 Å². The molecule has 0 amide bonds. The van der Waals surface area contributed by atoms with Gasteiger partial charge in [0.2, 0.25) is 17.6 Å². The summed E-state index contributed by atoms with van der Waals surface area (Å²) in [7, 11) is 0. The highest BCUT2D eigenvalue weighted by Crippen LogP contribution is 2.28. The monoisotopic (exact) mass is 1380 g/mol. The van der Waals surface area contributed by atoms with Gasteiger partial charge in [-0.25, -0.2) is 19.9 Å². The normalized spacial score (nSPS) is 10.9. The minimum absolute atomic E-state index is 0. The van der Waals surface area contributed by atoms with Crippen LogP contribution in [0, 0.1) is 0 Å². The molecule has 0 N–H and O–H groups in total. The number of nitrogens with zero attached hydrogens (tertiary/aromatic N) is 7. The predicted octanol–water partition coefficient (Wildman–Crippen LogP) is 25.2. The van der Waals surface area contributed by atoms with Gasteiger partial charge in [-0.3, -0.25) is 4.98 Å². The molecular weight excluding hydrogens is 1230 g/mol. The van der Waals surface area contributed by atoms with E-state index in [-0.39, 0.29) is 70.6 Å². The van der Waals surface area contributed by atoms with E-state index in [4.69, 9.17) is 28.4 Å². The number of ether oxygens (including phenoxy) is 6. The van der Waals surface area contributed by atoms with Crippen LogP contribution in [0.4, 0.5) is 0 Å². The van der Waals surface area contributed by atoms with Crippen molar-refractivity contribution in [3.63, 3.8) is 0 Å². The summed E-state index contributed by atoms with van der Waals surface area (Å²) < 4.78 is 33.8. The van der Waals surface area contributed by atoms with Crippen molar-refractivity contribution in [2.45, 2.75) is 373 Å². The van der Waals surface area contributed by atoms with Crippen LogP contribution in [0.15, 0.2) is 104 Å². The quantitative estimate of drug-likeness (QED) is 0.120. The molecule has 0 aliphatic carbocycles. The maximum atomic E-state index is 5.69. The third-order valence-electron chi connectivity index (χ3n) is 11.1. The van der Waals surface area contributed by atoms with E-state index in [1.165, 1.54) is 11.1 Å². The van der Waals surface area contributed by atoms with Gasteiger partial charge in [0.15, 0.2) is 0 Å². The summed E-state index contributed by atoms with van der Waals surface area (Å²) in [6, 6.07) is 26.7. The van der Waals surface area contributed by atoms with E-state index in [2.05, 4.69) is 183 Å². The van der Waals surface area contributed by atoms with Gasteiger partial charge in [0.05, 0.1) is 35.9 Å². The highest BCUT2D eigenvalue weighted by atomic mass is 16.5. The first-order valence-electron chi connectivity index (χ1n) is 36.7. The average Bonchev–Trinajstić information content (AvgIpc) is 0.879. The number of rotatable bonds is 10. The highest BCUT2D eigenvalue weighted by Gasteiger charge is 2.23. The van der Waals surface area contributed by atoms with Gasteiger partial charge in [-0.2, -0.15) is 9.97 Å². The molecular formula is C85H153BN7O6. The molecule has 0 saturated carbocycles. The molecule has 2 aromatic carbocycles. The van der Waals surface area contributed by atoms with Gasteiger partial charge in [0.1, 0.15) is 34.1 Å². The van der Waals surface area contributed by atoms with E-state index < -0.39 is 0 Å². The highest BCUT2D eigenvalue weighted by molar-refractivity contribution is 5.75. The predicted molar refractivity (Wildman–Crippen MR) is 433 cm³/mol. The third-order valence-corrected chi connectivity index (χ3v) is 11.1. The summed E-state index contributed by atoms with van der Waals surface area (Å²) in [4.78, 5) is 30.2. The van der Waals surface area contributed by atoms with Crippen LogP contribution in [0.5, 0.6) is 35.1 Å². The smallest absolute Gasteiger partial charge is 0.317 e. The van der Waals surface area contributed by atoms with Crippen LogP contribution in [0.3, 0.4) is 0 Å². The molecule has 6 rings (SSSR count). The fourth-order valence-electron chi connectivity index (χ4n) is 6.89. The standard InChI is InChI=1S/C13H20O.3C12H20N2O.C12H19NO.C12H18O.6C2H6.B/c1-10(2)14-12-8-6-7-11(9-12)13(3,4)5;1-11(2,3)9-7-13-8-10(14-9)15-12(4,5)6;1-11(2,3)10-13-8-7-9(14-10)15-12(4,5)6;1-11(2,3)9-7-8-13-10(14-9)15-12(4,5)6;1-9(2)14-11-8-6-7-10(13-11)12(3,4)5;1-9(2)11-6-5-7-12(8-11)13-10(3)4;6*1-2;/h6-10H,1-5H3;3*7-8H,1-6H3;6-9H,1-5H3;5-10H,1-4H3;6*1-2H3;. The topological polar surface area (TPSA) is 146 Å². The first-order valence-corrected chi connectivity index (χ1v) is 36.7. The molecule has 0 saturated heterocycles. The Morgan fingerprint density at radius 1 is 0.323 bits per heavy atom. The van der Waals surface area contributed by atoms with Crippen LogP contribution in [0.1, 0.15) is 345 Å². The summed E-state index contributed by atoms with van der Waals surface area (Å²) in [6.45, 7) is 90.6. The van der Waals surface area contributed by atoms with Crippen molar-refractivity contribution in [3.8, 4) is 35.1 Å². The molecule has 0 fully saturated rings. The maximum absolute atomic E-state index is 5.69. The second-order valence-electron chi connectivity index (χ2n) is 30.7. The van der Waals surface area contributed by atoms with Crippen molar-refractivity contribution >= 4 is 8.41 Å². The largest absolute Gasteiger partial charge is 0.491 e. The molecule has 567 valence electrons. The molecule has 0 spiro atoms. The van der Waals surface area contributed by atoms with Crippen molar-refractivity contribution in [2.24, 2.45) is 0 Å². The Bertz CT molecular complexity index is 2660. The van der Waals surface area contributed by atoms with Gasteiger partial charge in [-0.05, 0) is 163 Å². The van der Waals surface area contributed by atoms with Gasteiger partial charge in [-0.15, -0.1) is 0 Å². The van der Waals surface area contributed by atoms with Gasteiger partial charge in [0, 0.05) is 66.5 Å². The lowest BCUT2D eigenvalue weighted by molar-refractivity contribution is 0.116. The van der Waals surface area contributed by atoms with Crippen LogP contribution < -0.4 is 28.4 Å². The van der Waals surface area contributed by atoms with Gasteiger partial charge >= 0.3 is 6.01 Å². The van der Waals surface area contributed by atoms with Crippen molar-refractivity contribution < 1.29 is 28.4 Å². The Morgan fingerprint density at radius 2 is 0.717 bits per heavy atom. The Morgan fingerprint density at radius 3 is 1.12 bits per heavy atom. The Hall–Kier alpha value is -6.31. The van der Waals surface area contributed by atoms with Crippen LogP contribution >= 0.6 is 0 Å². The summed E-state index contributed by atoms with van der Waals surface area (Å²) in [5, 5.41) is 0. The van der Waals surface area contributed by atoms with Crippen LogP contribution in [0.25, 0.3) is 0 Å². The van der Waals surface area contributed by atoms with E-state index in [1.54, 1.807) is 30.9 Å². The average molecular weight is 1380 g/mol. The number of hydrogen-bond acceptors (Lipinski definition) is 13. The maximum Gasteiger partial charge on any atom is 0.317 e. The lowest BCUT2D eigenvalue weighted by Gasteiger charge is -2.22. The molecule has 6 aromatic rings.